The van der Waals surface area contributed by atoms with E-state index in [0.29, 0.717) is 22.8 Å². The Labute approximate surface area is 130 Å². The lowest BCUT2D eigenvalue weighted by Crippen LogP contribution is -2.09. The van der Waals surface area contributed by atoms with Crippen molar-refractivity contribution in [3.63, 3.8) is 0 Å². The van der Waals surface area contributed by atoms with Crippen LogP contribution in [0.3, 0.4) is 0 Å². The molecule has 5 heteroatoms. The van der Waals surface area contributed by atoms with E-state index in [1.165, 1.54) is 0 Å². The van der Waals surface area contributed by atoms with Gasteiger partial charge in [0.1, 0.15) is 12.4 Å². The Bertz CT molecular complexity index is 837. The molecule has 0 fully saturated rings. The molecule has 0 spiro atoms. The van der Waals surface area contributed by atoms with E-state index in [0.717, 1.165) is 11.1 Å². The van der Waals surface area contributed by atoms with Gasteiger partial charge in [-0.2, -0.15) is 0 Å². The van der Waals surface area contributed by atoms with Crippen LogP contribution in [0.25, 0.3) is 6.08 Å². The predicted octanol–water partition coefficient (Wildman–Crippen LogP) is 2.66. The predicted molar refractivity (Wildman–Crippen MR) is 86.2 cm³/mol. The van der Waals surface area contributed by atoms with Crippen molar-refractivity contribution in [3.8, 4) is 5.75 Å². The lowest BCUT2D eigenvalue weighted by Gasteiger charge is -2.07. The van der Waals surface area contributed by atoms with Crippen LogP contribution < -0.4 is 10.5 Å². The van der Waals surface area contributed by atoms with Gasteiger partial charge in [-0.25, -0.2) is 8.42 Å². The normalized spacial score (nSPS) is 15.3. The van der Waals surface area contributed by atoms with Gasteiger partial charge in [0.2, 0.25) is 9.84 Å². The van der Waals surface area contributed by atoms with E-state index in [1.807, 2.05) is 37.3 Å². The van der Waals surface area contributed by atoms with Gasteiger partial charge in [-0.15, -0.1) is 0 Å². The number of nitrogens with two attached hydrogens (primary N) is 1. The molecule has 0 radical (unpaired) electrons. The molecule has 2 N–H and O–H groups in total. The summed E-state index contributed by atoms with van der Waals surface area (Å²) in [6.07, 6.45) is 1.67. The first-order valence-corrected chi connectivity index (χ1v) is 8.48. The van der Waals surface area contributed by atoms with Gasteiger partial charge < -0.3 is 10.5 Å². The zero-order valence-electron chi connectivity index (χ0n) is 12.2. The summed E-state index contributed by atoms with van der Waals surface area (Å²) in [6.45, 7) is 2.31. The standard InChI is InChI=1S/C17H17NO3S/c1-12-5-7-14(8-6-12)21-11-15-9-16-13(10-18)3-2-4-17(16)22(15,19)20/h2-9H,10-11,18H2,1H3. The van der Waals surface area contributed by atoms with Crippen LogP contribution in [0.2, 0.25) is 0 Å². The van der Waals surface area contributed by atoms with E-state index in [-0.39, 0.29) is 11.5 Å². The first kappa shape index (κ1) is 14.8. The van der Waals surface area contributed by atoms with Crippen LogP contribution in [0, 0.1) is 6.92 Å². The molecule has 0 saturated heterocycles. The minimum Gasteiger partial charge on any atom is -0.488 e. The van der Waals surface area contributed by atoms with Gasteiger partial charge >= 0.3 is 0 Å². The summed E-state index contributed by atoms with van der Waals surface area (Å²) in [7, 11) is -3.48. The molecule has 114 valence electrons. The second-order valence-corrected chi connectivity index (χ2v) is 7.22. The molecule has 0 amide bonds. The highest BCUT2D eigenvalue weighted by molar-refractivity contribution is 7.95. The number of sulfone groups is 1. The smallest absolute Gasteiger partial charge is 0.206 e. The zero-order chi connectivity index (χ0) is 15.7. The molecule has 0 aliphatic carbocycles. The fourth-order valence-corrected chi connectivity index (χ4v) is 3.96. The van der Waals surface area contributed by atoms with Crippen LogP contribution in [-0.4, -0.2) is 15.0 Å². The third kappa shape index (κ3) is 2.53. The maximum atomic E-state index is 12.5. The van der Waals surface area contributed by atoms with Crippen molar-refractivity contribution in [2.24, 2.45) is 5.73 Å². The number of hydrogen-bond acceptors (Lipinski definition) is 4. The van der Waals surface area contributed by atoms with Crippen LogP contribution in [-0.2, 0) is 16.4 Å². The quantitative estimate of drug-likeness (QED) is 0.941. The molecule has 2 aromatic rings. The second kappa shape index (κ2) is 5.59. The zero-order valence-corrected chi connectivity index (χ0v) is 13.1. The van der Waals surface area contributed by atoms with Gasteiger partial charge in [-0.1, -0.05) is 29.8 Å². The Morgan fingerprint density at radius 3 is 2.50 bits per heavy atom. The molecule has 0 aromatic heterocycles. The van der Waals surface area contributed by atoms with Crippen molar-refractivity contribution in [1.29, 1.82) is 0 Å². The Hall–Kier alpha value is -2.11. The lowest BCUT2D eigenvalue weighted by atomic mass is 10.1. The molecule has 0 atom stereocenters. The van der Waals surface area contributed by atoms with Crippen molar-refractivity contribution in [1.82, 2.24) is 0 Å². The number of ether oxygens (including phenoxy) is 1. The summed E-state index contributed by atoms with van der Waals surface area (Å²) >= 11 is 0. The van der Waals surface area contributed by atoms with Crippen LogP contribution in [0.1, 0.15) is 16.7 Å². The van der Waals surface area contributed by atoms with Crippen molar-refractivity contribution >= 4 is 15.9 Å². The molecule has 1 aliphatic heterocycles. The fraction of sp³-hybridized carbons (Fsp3) is 0.176. The fourth-order valence-electron chi connectivity index (χ4n) is 2.45. The molecular formula is C17H17NO3S. The van der Waals surface area contributed by atoms with Crippen molar-refractivity contribution in [2.75, 3.05) is 6.61 Å². The first-order valence-electron chi connectivity index (χ1n) is 6.99. The Kier molecular flexibility index (Phi) is 3.76. The summed E-state index contributed by atoms with van der Waals surface area (Å²) < 4.78 is 30.7. The molecule has 1 aliphatic rings. The van der Waals surface area contributed by atoms with E-state index in [1.54, 1.807) is 18.2 Å². The Morgan fingerprint density at radius 1 is 1.09 bits per heavy atom. The van der Waals surface area contributed by atoms with Gasteiger partial charge in [0.15, 0.2) is 0 Å². The third-order valence-corrected chi connectivity index (χ3v) is 5.58. The topological polar surface area (TPSA) is 69.4 Å². The van der Waals surface area contributed by atoms with E-state index >= 15 is 0 Å². The van der Waals surface area contributed by atoms with E-state index < -0.39 is 9.84 Å². The highest BCUT2D eigenvalue weighted by atomic mass is 32.2. The number of aryl methyl sites for hydroxylation is 1. The first-order chi connectivity index (χ1) is 10.5. The number of rotatable bonds is 4. The van der Waals surface area contributed by atoms with Crippen molar-refractivity contribution in [2.45, 2.75) is 18.4 Å². The average Bonchev–Trinajstić information content (AvgIpc) is 2.78. The maximum absolute atomic E-state index is 12.5. The van der Waals surface area contributed by atoms with Gasteiger partial charge in [0.05, 0.1) is 9.80 Å². The van der Waals surface area contributed by atoms with Crippen molar-refractivity contribution < 1.29 is 13.2 Å². The second-order valence-electron chi connectivity index (χ2n) is 5.25. The van der Waals surface area contributed by atoms with Crippen LogP contribution >= 0.6 is 0 Å². The Morgan fingerprint density at radius 2 is 1.82 bits per heavy atom. The molecule has 0 unspecified atom stereocenters. The molecule has 4 nitrogen and oxygen atoms in total. The van der Waals surface area contributed by atoms with Gasteiger partial charge in [0.25, 0.3) is 0 Å². The molecule has 3 rings (SSSR count). The summed E-state index contributed by atoms with van der Waals surface area (Å²) in [5.41, 5.74) is 8.32. The highest BCUT2D eigenvalue weighted by Gasteiger charge is 2.31. The van der Waals surface area contributed by atoms with Gasteiger partial charge in [0, 0.05) is 6.54 Å². The largest absolute Gasteiger partial charge is 0.488 e. The minimum atomic E-state index is -3.48. The average molecular weight is 315 g/mol. The molecule has 0 saturated carbocycles. The van der Waals surface area contributed by atoms with E-state index in [2.05, 4.69) is 0 Å². The van der Waals surface area contributed by atoms with Crippen molar-refractivity contribution in [3.05, 3.63) is 64.1 Å². The van der Waals surface area contributed by atoms with Crippen LogP contribution in [0.5, 0.6) is 5.75 Å². The number of hydrogen-bond donors (Lipinski definition) is 1. The maximum Gasteiger partial charge on any atom is 0.206 e. The van der Waals surface area contributed by atoms with Crippen LogP contribution in [0.15, 0.2) is 52.3 Å². The monoisotopic (exact) mass is 315 g/mol. The van der Waals surface area contributed by atoms with Crippen LogP contribution in [0.4, 0.5) is 0 Å². The summed E-state index contributed by atoms with van der Waals surface area (Å²) in [4.78, 5) is 0.585. The minimum absolute atomic E-state index is 0.0179. The summed E-state index contributed by atoms with van der Waals surface area (Å²) in [5, 5.41) is 0. The summed E-state index contributed by atoms with van der Waals surface area (Å²) in [6, 6.07) is 12.7. The third-order valence-electron chi connectivity index (χ3n) is 3.72. The SMILES string of the molecule is Cc1ccc(OCC2=Cc3c(CN)cccc3S2(=O)=O)cc1. The molecule has 22 heavy (non-hydrogen) atoms. The van der Waals surface area contributed by atoms with Gasteiger partial charge in [-0.05, 0) is 42.3 Å². The summed E-state index contributed by atoms with van der Waals surface area (Å²) in [5.74, 6) is 0.650. The molecule has 2 aromatic carbocycles. The highest BCUT2D eigenvalue weighted by Crippen LogP contribution is 2.35. The lowest BCUT2D eigenvalue weighted by molar-refractivity contribution is 0.359. The Balaban J connectivity index is 1.87. The van der Waals surface area contributed by atoms with Gasteiger partial charge in [-0.3, -0.25) is 0 Å². The number of fused-ring (bicyclic) bond motifs is 1. The molecular weight excluding hydrogens is 298 g/mol. The molecule has 0 bridgehead atoms. The molecule has 1 heterocycles. The van der Waals surface area contributed by atoms with E-state index in [9.17, 15) is 8.42 Å². The number of benzene rings is 2. The van der Waals surface area contributed by atoms with E-state index in [4.69, 9.17) is 10.5 Å².